The lowest BCUT2D eigenvalue weighted by Gasteiger charge is -2.28. The molecule has 0 saturated carbocycles. The van der Waals surface area contributed by atoms with Gasteiger partial charge in [0.2, 0.25) is 0 Å². The molecule has 2 heteroatoms. The van der Waals surface area contributed by atoms with Gasteiger partial charge < -0.3 is 0 Å². The molecule has 0 aromatic rings. The van der Waals surface area contributed by atoms with Gasteiger partial charge in [0, 0.05) is 0 Å². The van der Waals surface area contributed by atoms with Crippen molar-refractivity contribution in [3.8, 4) is 0 Å². The molecule has 82 valence electrons. The molecule has 0 aromatic heterocycles. The van der Waals surface area contributed by atoms with Crippen LogP contribution >= 0.6 is 0 Å². The number of hydrogen-bond donors (Lipinski definition) is 0. The fraction of sp³-hybridized carbons (Fsp3) is 1.00. The number of unbranched alkanes of at least 4 members (excludes halogenated alkanes) is 3. The Morgan fingerprint density at radius 2 is 1.71 bits per heavy atom. The highest BCUT2D eigenvalue weighted by molar-refractivity contribution is 7.02. The lowest BCUT2D eigenvalue weighted by molar-refractivity contribution is 0.478. The number of hydrogen-bond acceptors (Lipinski definition) is 0. The lowest BCUT2D eigenvalue weighted by Crippen LogP contribution is -2.24. The van der Waals surface area contributed by atoms with Gasteiger partial charge in [0.15, 0.2) is 0 Å². The topological polar surface area (TPSA) is 0 Å². The van der Waals surface area contributed by atoms with E-state index < -0.39 is 0 Å². The van der Waals surface area contributed by atoms with E-state index in [0.29, 0.717) is 5.31 Å². The van der Waals surface area contributed by atoms with Crippen molar-refractivity contribution < 1.29 is 0 Å². The maximum Gasteiger partial charge on any atom is 0.0941 e. The van der Waals surface area contributed by atoms with Crippen LogP contribution in [-0.2, 0) is 0 Å². The Morgan fingerprint density at radius 3 is 2.21 bits per heavy atom. The molecule has 0 spiro atoms. The molecular formula is C12H28B2. The monoisotopic (exact) mass is 194 g/mol. The van der Waals surface area contributed by atoms with E-state index in [0.717, 1.165) is 5.92 Å². The molecule has 0 unspecified atom stereocenters. The minimum absolute atomic E-state index is 0.546. The van der Waals surface area contributed by atoms with Gasteiger partial charge in [0.05, 0.1) is 14.3 Å². The van der Waals surface area contributed by atoms with Crippen LogP contribution in [0.5, 0.6) is 0 Å². The van der Waals surface area contributed by atoms with Crippen molar-refractivity contribution in [1.29, 1.82) is 0 Å². The third-order valence-corrected chi connectivity index (χ3v) is 3.74. The Hall–Kier alpha value is 0.130. The van der Waals surface area contributed by atoms with Crippen LogP contribution in [0.15, 0.2) is 0 Å². The van der Waals surface area contributed by atoms with Crippen LogP contribution in [0.1, 0.15) is 60.3 Å². The summed E-state index contributed by atoms with van der Waals surface area (Å²) in [7, 11) is 2.83. The standard InChI is InChI=1S/C12H28B2/c1-6-7-8-9-10-13-14-12(4,5)11(2)3/h11,13-14H,6-10H2,1-5H3. The first-order valence-corrected chi connectivity index (χ1v) is 6.50. The Bertz CT molecular complexity index is 130. The van der Waals surface area contributed by atoms with Gasteiger partial charge >= 0.3 is 0 Å². The van der Waals surface area contributed by atoms with Crippen LogP contribution in [0, 0.1) is 5.92 Å². The van der Waals surface area contributed by atoms with Gasteiger partial charge in [-0.1, -0.05) is 71.9 Å². The van der Waals surface area contributed by atoms with E-state index in [9.17, 15) is 0 Å². The zero-order valence-electron chi connectivity index (χ0n) is 11.0. The molecule has 14 heavy (non-hydrogen) atoms. The fourth-order valence-corrected chi connectivity index (χ4v) is 1.65. The largest absolute Gasteiger partial charge is 0.0941 e. The summed E-state index contributed by atoms with van der Waals surface area (Å²) in [6.45, 7) is 11.8. The van der Waals surface area contributed by atoms with Crippen LogP contribution < -0.4 is 0 Å². The third kappa shape index (κ3) is 6.56. The van der Waals surface area contributed by atoms with Gasteiger partial charge in [-0.3, -0.25) is 0 Å². The predicted octanol–water partition coefficient (Wildman–Crippen LogP) is 3.63. The quantitative estimate of drug-likeness (QED) is 0.408. The molecule has 0 rings (SSSR count). The molecule has 0 radical (unpaired) electrons. The Labute approximate surface area is 92.7 Å². The van der Waals surface area contributed by atoms with Crippen LogP contribution in [-0.4, -0.2) is 14.3 Å². The summed E-state index contributed by atoms with van der Waals surface area (Å²) in [6.07, 6.45) is 7.11. The summed E-state index contributed by atoms with van der Waals surface area (Å²) >= 11 is 0. The fourth-order valence-electron chi connectivity index (χ4n) is 1.65. The molecular weight excluding hydrogens is 166 g/mol. The highest BCUT2D eigenvalue weighted by atomic mass is 14.1. The molecule has 0 aliphatic heterocycles. The SMILES string of the molecule is CCCCCCBBC(C)(C)C(C)C. The molecule has 0 aliphatic rings. The Morgan fingerprint density at radius 1 is 1.07 bits per heavy atom. The molecule has 0 N–H and O–H groups in total. The van der Waals surface area contributed by atoms with Gasteiger partial charge in [0.25, 0.3) is 0 Å². The van der Waals surface area contributed by atoms with E-state index in [1.165, 1.54) is 46.3 Å². The van der Waals surface area contributed by atoms with E-state index in [2.05, 4.69) is 34.6 Å². The van der Waals surface area contributed by atoms with Crippen molar-refractivity contribution in [3.63, 3.8) is 0 Å². The van der Waals surface area contributed by atoms with Crippen molar-refractivity contribution >= 4 is 14.3 Å². The minimum Gasteiger partial charge on any atom is -0.0845 e. The second kappa shape index (κ2) is 7.43. The molecule has 0 nitrogen and oxygen atoms in total. The van der Waals surface area contributed by atoms with E-state index >= 15 is 0 Å². The minimum atomic E-state index is 0.546. The first kappa shape index (κ1) is 14.1. The summed E-state index contributed by atoms with van der Waals surface area (Å²) in [5, 5.41) is 0.546. The third-order valence-electron chi connectivity index (χ3n) is 3.74. The van der Waals surface area contributed by atoms with Crippen LogP contribution in [0.3, 0.4) is 0 Å². The molecule has 0 aromatic carbocycles. The zero-order chi connectivity index (χ0) is 11.0. The van der Waals surface area contributed by atoms with Gasteiger partial charge in [-0.2, -0.15) is 0 Å². The normalized spacial score (nSPS) is 11.9. The Balaban J connectivity index is 3.35. The summed E-state index contributed by atoms with van der Waals surface area (Å²) in [4.78, 5) is 0. The van der Waals surface area contributed by atoms with E-state index in [1.54, 1.807) is 0 Å². The Kier molecular flexibility index (Phi) is 7.49. The molecule has 0 saturated heterocycles. The molecule has 0 amide bonds. The van der Waals surface area contributed by atoms with Crippen molar-refractivity contribution in [2.45, 2.75) is 71.9 Å². The molecule has 0 bridgehead atoms. The lowest BCUT2D eigenvalue weighted by atomic mass is 9.26. The molecule has 0 aliphatic carbocycles. The molecule has 0 heterocycles. The van der Waals surface area contributed by atoms with E-state index in [1.807, 2.05) is 0 Å². The van der Waals surface area contributed by atoms with Gasteiger partial charge in [-0.05, 0) is 5.92 Å². The van der Waals surface area contributed by atoms with Crippen LogP contribution in [0.2, 0.25) is 11.6 Å². The molecule has 0 fully saturated rings. The molecule has 0 atom stereocenters. The first-order valence-electron chi connectivity index (χ1n) is 6.50. The van der Waals surface area contributed by atoms with E-state index in [-0.39, 0.29) is 0 Å². The summed E-state index contributed by atoms with van der Waals surface area (Å²) in [5.74, 6) is 0.818. The van der Waals surface area contributed by atoms with Crippen molar-refractivity contribution in [3.05, 3.63) is 0 Å². The van der Waals surface area contributed by atoms with Gasteiger partial charge in [-0.15, -0.1) is 0 Å². The first-order chi connectivity index (χ1) is 6.50. The average Bonchev–Trinajstić information content (AvgIpc) is 2.10. The number of rotatable bonds is 8. The van der Waals surface area contributed by atoms with Crippen LogP contribution in [0.4, 0.5) is 0 Å². The zero-order valence-corrected chi connectivity index (χ0v) is 11.0. The van der Waals surface area contributed by atoms with Crippen molar-refractivity contribution in [2.75, 3.05) is 0 Å². The smallest absolute Gasteiger partial charge is 0.0845 e. The second-order valence-electron chi connectivity index (χ2n) is 5.66. The van der Waals surface area contributed by atoms with Gasteiger partial charge in [-0.25, -0.2) is 0 Å². The van der Waals surface area contributed by atoms with Crippen molar-refractivity contribution in [1.82, 2.24) is 0 Å². The summed E-state index contributed by atoms with van der Waals surface area (Å²) in [6, 6.07) is 0. The van der Waals surface area contributed by atoms with Crippen LogP contribution in [0.25, 0.3) is 0 Å². The highest BCUT2D eigenvalue weighted by Crippen LogP contribution is 2.32. The second-order valence-corrected chi connectivity index (χ2v) is 5.66. The summed E-state index contributed by atoms with van der Waals surface area (Å²) < 4.78 is 0. The maximum atomic E-state index is 2.41. The van der Waals surface area contributed by atoms with Crippen molar-refractivity contribution in [2.24, 2.45) is 5.92 Å². The maximum absolute atomic E-state index is 2.41. The average molecular weight is 194 g/mol. The highest BCUT2D eigenvalue weighted by Gasteiger charge is 2.22. The van der Waals surface area contributed by atoms with E-state index in [4.69, 9.17) is 0 Å². The summed E-state index contributed by atoms with van der Waals surface area (Å²) in [5.41, 5.74) is 0. The predicted molar refractivity (Wildman–Crippen MR) is 72.1 cm³/mol. The van der Waals surface area contributed by atoms with Gasteiger partial charge in [0.1, 0.15) is 0 Å².